The van der Waals surface area contributed by atoms with Crippen molar-refractivity contribution in [1.82, 2.24) is 20.0 Å². The number of likely N-dealkylation sites (tertiary alicyclic amines) is 1. The molecule has 10 nitrogen and oxygen atoms in total. The second-order valence-corrected chi connectivity index (χ2v) is 10.8. The molecule has 0 unspecified atom stereocenters. The van der Waals surface area contributed by atoms with Crippen LogP contribution in [0.25, 0.3) is 11.1 Å². The topological polar surface area (TPSA) is 107 Å². The molecule has 3 aromatic rings. The van der Waals surface area contributed by atoms with E-state index in [4.69, 9.17) is 9.15 Å². The molecular weight excluding hydrogens is 534 g/mol. The number of anilines is 1. The average molecular weight is 574 g/mol. The fraction of sp³-hybridized carbons (Fsp3) is 0.406. The third-order valence-corrected chi connectivity index (χ3v) is 7.82. The van der Waals surface area contributed by atoms with Gasteiger partial charge in [0.25, 0.3) is 0 Å². The Morgan fingerprint density at radius 3 is 2.38 bits per heavy atom. The van der Waals surface area contributed by atoms with E-state index >= 15 is 0 Å². The number of rotatable bonds is 12. The van der Waals surface area contributed by atoms with Gasteiger partial charge in [0.05, 0.1) is 18.8 Å². The second kappa shape index (κ2) is 14.8. The third-order valence-electron chi connectivity index (χ3n) is 7.82. The largest absolute Gasteiger partial charge is 0.457 e. The van der Waals surface area contributed by atoms with Crippen LogP contribution >= 0.6 is 0 Å². The summed E-state index contributed by atoms with van der Waals surface area (Å²) in [5.41, 5.74) is 2.72. The minimum absolute atomic E-state index is 0.0704. The fourth-order valence-electron chi connectivity index (χ4n) is 5.39. The number of carbonyl (C=O) groups is 3. The van der Waals surface area contributed by atoms with Gasteiger partial charge in [0.1, 0.15) is 11.9 Å². The van der Waals surface area contributed by atoms with Gasteiger partial charge in [-0.3, -0.25) is 19.8 Å². The maximum absolute atomic E-state index is 12.6. The number of piperazine rings is 1. The lowest BCUT2D eigenvalue weighted by atomic mass is 10.0. The number of para-hydroxylation sites is 1. The first-order chi connectivity index (χ1) is 20.6. The Balaban J connectivity index is 0.967. The van der Waals surface area contributed by atoms with Gasteiger partial charge in [-0.25, -0.2) is 4.79 Å². The number of ketones is 1. The van der Waals surface area contributed by atoms with E-state index in [2.05, 4.69) is 20.4 Å². The van der Waals surface area contributed by atoms with Gasteiger partial charge in [0.2, 0.25) is 12.2 Å². The van der Waals surface area contributed by atoms with E-state index in [0.717, 1.165) is 74.6 Å². The van der Waals surface area contributed by atoms with Crippen molar-refractivity contribution in [2.24, 2.45) is 0 Å². The molecule has 5 rings (SSSR count). The third kappa shape index (κ3) is 8.28. The van der Waals surface area contributed by atoms with Gasteiger partial charge in [-0.15, -0.1) is 0 Å². The number of Topliss-reactive ketones (excluding diaryl/α,β-unsaturated/α-hetero) is 1. The van der Waals surface area contributed by atoms with Crippen molar-refractivity contribution in [2.45, 2.75) is 25.5 Å². The fourth-order valence-corrected chi connectivity index (χ4v) is 5.39. The summed E-state index contributed by atoms with van der Waals surface area (Å²) >= 11 is 0. The Morgan fingerprint density at radius 2 is 1.62 bits per heavy atom. The van der Waals surface area contributed by atoms with E-state index in [-0.39, 0.29) is 18.4 Å². The molecule has 1 aromatic heterocycles. The summed E-state index contributed by atoms with van der Waals surface area (Å²) in [5, 5.41) is 6.15. The van der Waals surface area contributed by atoms with Crippen LogP contribution in [0.15, 0.2) is 71.1 Å². The molecule has 10 heteroatoms. The number of hydrogen-bond donors (Lipinski definition) is 2. The molecule has 3 heterocycles. The number of piperidine rings is 1. The molecule has 0 saturated carbocycles. The standard InChI is InChI=1S/C32H39N5O5/c38-24-37-20-18-36(19-21-37)23-27-10-11-31(41-27)30(39)22-33-14-17-35-15-12-26(13-16-35)42-32(40)34-29-9-5-4-8-28(29)25-6-2-1-3-7-25/h1-11,24,26,33H,12-23H2,(H,34,40). The molecule has 0 radical (unpaired) electrons. The lowest BCUT2D eigenvalue weighted by Gasteiger charge is -2.31. The lowest BCUT2D eigenvalue weighted by Crippen LogP contribution is -2.45. The summed E-state index contributed by atoms with van der Waals surface area (Å²) in [4.78, 5) is 42.4. The molecule has 2 fully saturated rings. The van der Waals surface area contributed by atoms with Crippen LogP contribution in [0, 0.1) is 0 Å². The number of carbonyl (C=O) groups excluding carboxylic acids is 3. The first-order valence-corrected chi connectivity index (χ1v) is 14.7. The summed E-state index contributed by atoms with van der Waals surface area (Å²) in [5.74, 6) is 1.06. The van der Waals surface area contributed by atoms with E-state index in [0.29, 0.717) is 31.9 Å². The van der Waals surface area contributed by atoms with Crippen LogP contribution in [-0.4, -0.2) is 98.0 Å². The number of nitrogens with zero attached hydrogens (tertiary/aromatic N) is 3. The number of benzene rings is 2. The Hall–Kier alpha value is -3.99. The lowest BCUT2D eigenvalue weighted by molar-refractivity contribution is -0.119. The predicted octanol–water partition coefficient (Wildman–Crippen LogP) is 3.71. The number of nitrogens with one attached hydrogen (secondary N) is 2. The minimum atomic E-state index is -0.432. The molecule has 2 aromatic carbocycles. The van der Waals surface area contributed by atoms with Crippen molar-refractivity contribution in [3.63, 3.8) is 0 Å². The first kappa shape index (κ1) is 29.5. The highest BCUT2D eigenvalue weighted by Gasteiger charge is 2.23. The average Bonchev–Trinajstić information content (AvgIpc) is 3.50. The molecule has 0 bridgehead atoms. The number of hydrogen-bond acceptors (Lipinski definition) is 8. The van der Waals surface area contributed by atoms with Crippen molar-refractivity contribution < 1.29 is 23.5 Å². The molecule has 42 heavy (non-hydrogen) atoms. The van der Waals surface area contributed by atoms with E-state index < -0.39 is 6.09 Å². The molecule has 222 valence electrons. The Morgan fingerprint density at radius 1 is 0.881 bits per heavy atom. The Bertz CT molecular complexity index is 1310. The van der Waals surface area contributed by atoms with E-state index in [9.17, 15) is 14.4 Å². The molecule has 2 aliphatic rings. The zero-order valence-electron chi connectivity index (χ0n) is 23.9. The molecule has 2 N–H and O–H groups in total. The Labute approximate surface area is 246 Å². The van der Waals surface area contributed by atoms with Crippen LogP contribution in [0.4, 0.5) is 10.5 Å². The zero-order chi connectivity index (χ0) is 29.1. The summed E-state index contributed by atoms with van der Waals surface area (Å²) in [6.07, 6.45) is 1.87. The molecule has 2 amide bonds. The molecular formula is C32H39N5O5. The number of amides is 2. The van der Waals surface area contributed by atoms with Crippen LogP contribution in [0.5, 0.6) is 0 Å². The van der Waals surface area contributed by atoms with Gasteiger partial charge in [-0.05, 0) is 36.6 Å². The number of ether oxygens (including phenoxy) is 1. The second-order valence-electron chi connectivity index (χ2n) is 10.8. The van der Waals surface area contributed by atoms with E-state index in [1.165, 1.54) is 0 Å². The van der Waals surface area contributed by atoms with Crippen molar-refractivity contribution in [2.75, 3.05) is 64.2 Å². The smallest absolute Gasteiger partial charge is 0.411 e. The van der Waals surface area contributed by atoms with Gasteiger partial charge in [-0.1, -0.05) is 48.5 Å². The highest BCUT2D eigenvalue weighted by Crippen LogP contribution is 2.28. The van der Waals surface area contributed by atoms with Crippen molar-refractivity contribution in [3.05, 3.63) is 78.3 Å². The minimum Gasteiger partial charge on any atom is -0.457 e. The van der Waals surface area contributed by atoms with Crippen LogP contribution in [-0.2, 0) is 16.1 Å². The SMILES string of the molecule is O=CN1CCN(Cc2ccc(C(=O)CNCCN3CCC(OC(=O)Nc4ccccc4-c4ccccc4)CC3)o2)CC1. The molecule has 0 spiro atoms. The van der Waals surface area contributed by atoms with Gasteiger partial charge >= 0.3 is 6.09 Å². The summed E-state index contributed by atoms with van der Waals surface area (Å²) in [6.45, 7) is 7.02. The summed E-state index contributed by atoms with van der Waals surface area (Å²) in [7, 11) is 0. The van der Waals surface area contributed by atoms with Crippen molar-refractivity contribution >= 4 is 24.0 Å². The van der Waals surface area contributed by atoms with E-state index in [1.807, 2.05) is 60.7 Å². The zero-order valence-corrected chi connectivity index (χ0v) is 23.9. The summed E-state index contributed by atoms with van der Waals surface area (Å²) in [6, 6.07) is 21.3. The maximum atomic E-state index is 12.6. The molecule has 0 aliphatic carbocycles. The summed E-state index contributed by atoms with van der Waals surface area (Å²) < 4.78 is 11.5. The van der Waals surface area contributed by atoms with Gasteiger partial charge in [-0.2, -0.15) is 0 Å². The van der Waals surface area contributed by atoms with Gasteiger partial charge in [0, 0.05) is 57.9 Å². The van der Waals surface area contributed by atoms with Crippen LogP contribution in [0.1, 0.15) is 29.2 Å². The quantitative estimate of drug-likeness (QED) is 0.192. The normalized spacial score (nSPS) is 16.7. The molecule has 0 atom stereocenters. The monoisotopic (exact) mass is 573 g/mol. The van der Waals surface area contributed by atoms with Crippen LogP contribution in [0.3, 0.4) is 0 Å². The highest BCUT2D eigenvalue weighted by molar-refractivity contribution is 5.95. The van der Waals surface area contributed by atoms with E-state index in [1.54, 1.807) is 11.0 Å². The van der Waals surface area contributed by atoms with Crippen molar-refractivity contribution in [1.29, 1.82) is 0 Å². The van der Waals surface area contributed by atoms with Crippen LogP contribution < -0.4 is 10.6 Å². The first-order valence-electron chi connectivity index (χ1n) is 14.7. The molecule has 2 saturated heterocycles. The van der Waals surface area contributed by atoms with Gasteiger partial charge in [0.15, 0.2) is 5.76 Å². The maximum Gasteiger partial charge on any atom is 0.411 e. The number of furan rings is 1. The predicted molar refractivity (Wildman–Crippen MR) is 160 cm³/mol. The van der Waals surface area contributed by atoms with Gasteiger partial charge < -0.3 is 24.3 Å². The highest BCUT2D eigenvalue weighted by atomic mass is 16.6. The molecule has 2 aliphatic heterocycles. The van der Waals surface area contributed by atoms with Crippen LogP contribution in [0.2, 0.25) is 0 Å². The van der Waals surface area contributed by atoms with Crippen molar-refractivity contribution in [3.8, 4) is 11.1 Å². The Kier molecular flexibility index (Phi) is 10.4.